The summed E-state index contributed by atoms with van der Waals surface area (Å²) in [5.74, 6) is -0.943. The molecule has 0 saturated heterocycles. The molecule has 0 amide bonds. The van der Waals surface area contributed by atoms with Gasteiger partial charge in [-0.2, -0.15) is 18.3 Å². The molecule has 2 heterocycles. The molecular weight excluding hydrogens is 276 g/mol. The third-order valence-electron chi connectivity index (χ3n) is 2.64. The van der Waals surface area contributed by atoms with Gasteiger partial charge in [-0.25, -0.2) is 14.1 Å². The first kappa shape index (κ1) is 14.4. The van der Waals surface area contributed by atoms with Crippen LogP contribution in [-0.4, -0.2) is 21.3 Å². The van der Waals surface area contributed by atoms with Crippen LogP contribution in [0.25, 0.3) is 5.82 Å². The molecule has 0 atom stereocenters. The summed E-state index contributed by atoms with van der Waals surface area (Å²) < 4.78 is 52.4. The second-order valence-electron chi connectivity index (χ2n) is 4.06. The zero-order valence-electron chi connectivity index (χ0n) is 10.6. The van der Waals surface area contributed by atoms with Gasteiger partial charge in [-0.15, -0.1) is 0 Å². The molecule has 20 heavy (non-hydrogen) atoms. The highest BCUT2D eigenvalue weighted by Crippen LogP contribution is 2.29. The van der Waals surface area contributed by atoms with Crippen molar-refractivity contribution in [3.05, 3.63) is 41.6 Å². The van der Waals surface area contributed by atoms with E-state index in [0.717, 1.165) is 4.68 Å². The van der Waals surface area contributed by atoms with Crippen LogP contribution >= 0.6 is 0 Å². The quantitative estimate of drug-likeness (QED) is 0.879. The van der Waals surface area contributed by atoms with Crippen molar-refractivity contribution in [1.82, 2.24) is 20.1 Å². The maximum Gasteiger partial charge on any atom is 0.419 e. The van der Waals surface area contributed by atoms with E-state index in [2.05, 4.69) is 15.4 Å². The molecule has 1 N–H and O–H groups in total. The van der Waals surface area contributed by atoms with Crippen LogP contribution in [0.3, 0.4) is 0 Å². The third kappa shape index (κ3) is 2.96. The number of aromatic nitrogens is 3. The van der Waals surface area contributed by atoms with Crippen LogP contribution in [0.15, 0.2) is 24.7 Å². The zero-order chi connectivity index (χ0) is 14.8. The predicted molar refractivity (Wildman–Crippen MR) is 63.7 cm³/mol. The molecule has 0 bridgehead atoms. The van der Waals surface area contributed by atoms with Crippen LogP contribution in [-0.2, 0) is 12.7 Å². The van der Waals surface area contributed by atoms with Gasteiger partial charge >= 0.3 is 6.18 Å². The van der Waals surface area contributed by atoms with Crippen LogP contribution in [0, 0.1) is 5.82 Å². The SMILES string of the molecule is CCNCc1ccnc(-n2cc(C(F)(F)F)cn2)c1F. The molecule has 2 aromatic rings. The van der Waals surface area contributed by atoms with Gasteiger partial charge in [0.05, 0.1) is 11.8 Å². The van der Waals surface area contributed by atoms with E-state index < -0.39 is 17.6 Å². The average molecular weight is 288 g/mol. The summed E-state index contributed by atoms with van der Waals surface area (Å²) in [6, 6.07) is 1.47. The molecule has 2 rings (SSSR count). The predicted octanol–water partition coefficient (Wildman–Crippen LogP) is 2.53. The first-order chi connectivity index (χ1) is 9.43. The van der Waals surface area contributed by atoms with Crippen LogP contribution in [0.1, 0.15) is 18.1 Å². The normalized spacial score (nSPS) is 11.8. The lowest BCUT2D eigenvalue weighted by Crippen LogP contribution is -2.14. The first-order valence-corrected chi connectivity index (χ1v) is 5.89. The second kappa shape index (κ2) is 5.58. The minimum Gasteiger partial charge on any atom is -0.313 e. The number of hydrogen-bond acceptors (Lipinski definition) is 3. The Labute approximate surface area is 112 Å². The molecule has 0 aliphatic heterocycles. The van der Waals surface area contributed by atoms with E-state index in [-0.39, 0.29) is 12.4 Å². The Bertz CT molecular complexity index is 591. The van der Waals surface area contributed by atoms with E-state index in [0.29, 0.717) is 24.5 Å². The highest BCUT2D eigenvalue weighted by Gasteiger charge is 2.32. The summed E-state index contributed by atoms with van der Waals surface area (Å²) in [6.45, 7) is 2.78. The van der Waals surface area contributed by atoms with E-state index >= 15 is 0 Å². The number of nitrogens with one attached hydrogen (secondary N) is 1. The number of rotatable bonds is 4. The van der Waals surface area contributed by atoms with Gasteiger partial charge in [-0.1, -0.05) is 6.92 Å². The number of pyridine rings is 1. The molecule has 0 aliphatic rings. The van der Waals surface area contributed by atoms with Crippen molar-refractivity contribution in [2.45, 2.75) is 19.6 Å². The highest BCUT2D eigenvalue weighted by molar-refractivity contribution is 5.30. The third-order valence-corrected chi connectivity index (χ3v) is 2.64. The van der Waals surface area contributed by atoms with Crippen molar-refractivity contribution in [3.63, 3.8) is 0 Å². The van der Waals surface area contributed by atoms with Crippen molar-refractivity contribution < 1.29 is 17.6 Å². The second-order valence-corrected chi connectivity index (χ2v) is 4.06. The van der Waals surface area contributed by atoms with Crippen LogP contribution in [0.4, 0.5) is 17.6 Å². The van der Waals surface area contributed by atoms with E-state index in [9.17, 15) is 17.6 Å². The Morgan fingerprint density at radius 2 is 2.10 bits per heavy atom. The first-order valence-electron chi connectivity index (χ1n) is 5.89. The maximum atomic E-state index is 14.1. The Morgan fingerprint density at radius 3 is 2.70 bits per heavy atom. The van der Waals surface area contributed by atoms with Crippen molar-refractivity contribution in [1.29, 1.82) is 0 Å². The summed E-state index contributed by atoms with van der Waals surface area (Å²) in [4.78, 5) is 3.74. The van der Waals surface area contributed by atoms with Crippen LogP contribution in [0.5, 0.6) is 0 Å². The zero-order valence-corrected chi connectivity index (χ0v) is 10.6. The molecule has 0 spiro atoms. The van der Waals surface area contributed by atoms with Crippen LogP contribution in [0.2, 0.25) is 0 Å². The molecular formula is C12H12F4N4. The van der Waals surface area contributed by atoms with Crippen molar-refractivity contribution in [2.75, 3.05) is 6.54 Å². The van der Waals surface area contributed by atoms with Crippen LogP contribution < -0.4 is 5.32 Å². The Balaban J connectivity index is 2.35. The number of nitrogens with zero attached hydrogens (tertiary/aromatic N) is 3. The van der Waals surface area contributed by atoms with Gasteiger partial charge in [0.2, 0.25) is 0 Å². The van der Waals surface area contributed by atoms with Crippen molar-refractivity contribution in [3.8, 4) is 5.82 Å². The van der Waals surface area contributed by atoms with Gasteiger partial charge in [0, 0.05) is 24.5 Å². The fourth-order valence-corrected chi connectivity index (χ4v) is 1.61. The number of halogens is 4. The topological polar surface area (TPSA) is 42.7 Å². The molecule has 4 nitrogen and oxygen atoms in total. The van der Waals surface area contributed by atoms with Gasteiger partial charge in [0.1, 0.15) is 0 Å². The maximum absolute atomic E-state index is 14.1. The summed E-state index contributed by atoms with van der Waals surface area (Å²) in [5.41, 5.74) is -0.628. The summed E-state index contributed by atoms with van der Waals surface area (Å²) >= 11 is 0. The van der Waals surface area contributed by atoms with E-state index in [1.165, 1.54) is 12.3 Å². The summed E-state index contributed by atoms with van der Waals surface area (Å²) in [6.07, 6.45) is -1.84. The molecule has 108 valence electrons. The smallest absolute Gasteiger partial charge is 0.313 e. The monoisotopic (exact) mass is 288 g/mol. The fourth-order valence-electron chi connectivity index (χ4n) is 1.61. The van der Waals surface area contributed by atoms with E-state index in [1.807, 2.05) is 6.92 Å². The standard InChI is InChI=1S/C12H12F4N4/c1-2-17-5-8-3-4-18-11(10(8)13)20-7-9(6-19-20)12(14,15)16/h3-4,6-7,17H,2,5H2,1H3. The van der Waals surface area contributed by atoms with Gasteiger partial charge in [-0.3, -0.25) is 0 Å². The van der Waals surface area contributed by atoms with Gasteiger partial charge < -0.3 is 5.32 Å². The molecule has 0 saturated carbocycles. The summed E-state index contributed by atoms with van der Waals surface area (Å²) in [5, 5.41) is 6.44. The van der Waals surface area contributed by atoms with E-state index in [1.54, 1.807) is 0 Å². The lowest BCUT2D eigenvalue weighted by Gasteiger charge is -2.07. The fraction of sp³-hybridized carbons (Fsp3) is 0.333. The molecule has 2 aromatic heterocycles. The largest absolute Gasteiger partial charge is 0.419 e. The highest BCUT2D eigenvalue weighted by atomic mass is 19.4. The molecule has 0 unspecified atom stereocenters. The lowest BCUT2D eigenvalue weighted by atomic mass is 10.2. The molecule has 0 aliphatic carbocycles. The minimum absolute atomic E-state index is 0.254. The molecule has 8 heteroatoms. The number of alkyl halides is 3. The Morgan fingerprint density at radius 1 is 1.35 bits per heavy atom. The van der Waals surface area contributed by atoms with Gasteiger partial charge in [0.15, 0.2) is 11.6 Å². The van der Waals surface area contributed by atoms with Gasteiger partial charge in [-0.05, 0) is 12.6 Å². The lowest BCUT2D eigenvalue weighted by molar-refractivity contribution is -0.137. The molecule has 0 aromatic carbocycles. The molecule has 0 fully saturated rings. The average Bonchev–Trinajstić information content (AvgIpc) is 2.87. The van der Waals surface area contributed by atoms with Crippen molar-refractivity contribution in [2.24, 2.45) is 0 Å². The Hall–Kier alpha value is -1.96. The number of hydrogen-bond donors (Lipinski definition) is 1. The Kier molecular flexibility index (Phi) is 4.03. The summed E-state index contributed by atoms with van der Waals surface area (Å²) in [7, 11) is 0. The van der Waals surface area contributed by atoms with Crippen molar-refractivity contribution >= 4 is 0 Å². The van der Waals surface area contributed by atoms with Gasteiger partial charge in [0.25, 0.3) is 0 Å². The minimum atomic E-state index is -4.52. The molecule has 0 radical (unpaired) electrons. The van der Waals surface area contributed by atoms with E-state index in [4.69, 9.17) is 0 Å².